The number of benzene rings is 3. The van der Waals surface area contributed by atoms with Crippen LogP contribution < -0.4 is 10.6 Å². The Morgan fingerprint density at radius 2 is 1.67 bits per heavy atom. The fourth-order valence-corrected chi connectivity index (χ4v) is 2.52. The highest BCUT2D eigenvalue weighted by Gasteiger charge is 2.13. The Bertz CT molecular complexity index is 892. The second kappa shape index (κ2) is 6.71. The Morgan fingerprint density at radius 3 is 2.42 bits per heavy atom. The van der Waals surface area contributed by atoms with Crippen LogP contribution in [0.15, 0.2) is 60.7 Å². The van der Waals surface area contributed by atoms with Crippen LogP contribution in [-0.4, -0.2) is 11.9 Å². The van der Waals surface area contributed by atoms with Crippen molar-refractivity contribution < 1.29 is 9.18 Å². The molecular weight excluding hydrogens is 303 g/mol. The predicted molar refractivity (Wildman–Crippen MR) is 96.8 cm³/mol. The van der Waals surface area contributed by atoms with E-state index in [4.69, 9.17) is 0 Å². The van der Waals surface area contributed by atoms with Gasteiger partial charge in [0.2, 0.25) is 5.91 Å². The quantitative estimate of drug-likeness (QED) is 0.729. The summed E-state index contributed by atoms with van der Waals surface area (Å²) in [4.78, 5) is 12.3. The molecule has 0 aliphatic heterocycles. The summed E-state index contributed by atoms with van der Waals surface area (Å²) in [5.41, 5.74) is 1.90. The first-order chi connectivity index (χ1) is 11.5. The molecule has 0 aromatic heterocycles. The normalized spacial score (nSPS) is 12.0. The zero-order valence-corrected chi connectivity index (χ0v) is 13.6. The second-order valence-electron chi connectivity index (χ2n) is 5.88. The number of carbonyl (C=O) groups excluding carboxylic acids is 1. The van der Waals surface area contributed by atoms with Gasteiger partial charge in [0, 0.05) is 11.4 Å². The molecule has 4 heteroatoms. The number of hydrogen-bond acceptors (Lipinski definition) is 2. The van der Waals surface area contributed by atoms with E-state index in [9.17, 15) is 9.18 Å². The third kappa shape index (κ3) is 3.54. The summed E-state index contributed by atoms with van der Waals surface area (Å²) in [7, 11) is 0. The summed E-state index contributed by atoms with van der Waals surface area (Å²) in [6.07, 6.45) is 0. The molecule has 0 aliphatic carbocycles. The molecule has 0 saturated carbocycles. The van der Waals surface area contributed by atoms with E-state index in [1.807, 2.05) is 42.5 Å². The van der Waals surface area contributed by atoms with Gasteiger partial charge in [-0.2, -0.15) is 0 Å². The maximum absolute atomic E-state index is 13.6. The minimum atomic E-state index is -0.487. The van der Waals surface area contributed by atoms with Crippen LogP contribution in [0.25, 0.3) is 10.8 Å². The van der Waals surface area contributed by atoms with Gasteiger partial charge >= 0.3 is 0 Å². The van der Waals surface area contributed by atoms with Gasteiger partial charge in [0.1, 0.15) is 11.9 Å². The first-order valence-corrected chi connectivity index (χ1v) is 7.85. The van der Waals surface area contributed by atoms with Crippen LogP contribution in [0.1, 0.15) is 12.5 Å². The Balaban J connectivity index is 1.69. The van der Waals surface area contributed by atoms with Crippen molar-refractivity contribution in [3.8, 4) is 0 Å². The molecule has 3 nitrogen and oxygen atoms in total. The molecular formula is C20H19FN2O. The minimum Gasteiger partial charge on any atom is -0.374 e. The van der Waals surface area contributed by atoms with Gasteiger partial charge < -0.3 is 10.6 Å². The molecule has 0 fully saturated rings. The van der Waals surface area contributed by atoms with Crippen LogP contribution in [-0.2, 0) is 4.79 Å². The lowest BCUT2D eigenvalue weighted by Crippen LogP contribution is -2.31. The lowest BCUT2D eigenvalue weighted by Gasteiger charge is -2.16. The van der Waals surface area contributed by atoms with E-state index in [0.29, 0.717) is 11.3 Å². The number of amides is 1. The van der Waals surface area contributed by atoms with Crippen molar-refractivity contribution in [3.05, 3.63) is 72.0 Å². The average Bonchev–Trinajstić information content (AvgIpc) is 2.58. The van der Waals surface area contributed by atoms with Gasteiger partial charge in [-0.1, -0.05) is 36.4 Å². The van der Waals surface area contributed by atoms with E-state index in [1.165, 1.54) is 6.07 Å². The maximum Gasteiger partial charge on any atom is 0.246 e. The van der Waals surface area contributed by atoms with E-state index in [0.717, 1.165) is 16.5 Å². The molecule has 1 atom stereocenters. The molecule has 0 saturated heterocycles. The largest absolute Gasteiger partial charge is 0.374 e. The van der Waals surface area contributed by atoms with Crippen molar-refractivity contribution in [2.75, 3.05) is 10.6 Å². The summed E-state index contributed by atoms with van der Waals surface area (Å²) >= 11 is 0. The van der Waals surface area contributed by atoms with Gasteiger partial charge in [0.25, 0.3) is 0 Å². The Labute approximate surface area is 140 Å². The molecule has 3 aromatic carbocycles. The highest BCUT2D eigenvalue weighted by molar-refractivity contribution is 5.98. The summed E-state index contributed by atoms with van der Waals surface area (Å²) in [5, 5.41) is 8.09. The van der Waals surface area contributed by atoms with Crippen LogP contribution in [0.5, 0.6) is 0 Å². The van der Waals surface area contributed by atoms with E-state index in [1.54, 1.807) is 26.0 Å². The van der Waals surface area contributed by atoms with Crippen molar-refractivity contribution in [1.82, 2.24) is 0 Å². The summed E-state index contributed by atoms with van der Waals surface area (Å²) < 4.78 is 13.6. The lowest BCUT2D eigenvalue weighted by atomic mass is 10.1. The van der Waals surface area contributed by atoms with Gasteiger partial charge in [-0.3, -0.25) is 4.79 Å². The number of rotatable bonds is 4. The van der Waals surface area contributed by atoms with Crippen molar-refractivity contribution in [1.29, 1.82) is 0 Å². The Morgan fingerprint density at radius 1 is 0.958 bits per heavy atom. The van der Waals surface area contributed by atoms with Crippen LogP contribution in [0, 0.1) is 12.7 Å². The SMILES string of the molecule is Cc1ccc(N[C@@H](C)C(=O)Nc2ccc3ccccc3c2)cc1F. The smallest absolute Gasteiger partial charge is 0.246 e. The van der Waals surface area contributed by atoms with Gasteiger partial charge in [0.15, 0.2) is 0 Å². The van der Waals surface area contributed by atoms with Crippen molar-refractivity contribution in [3.63, 3.8) is 0 Å². The average molecular weight is 322 g/mol. The molecule has 24 heavy (non-hydrogen) atoms. The number of fused-ring (bicyclic) bond motifs is 1. The number of halogens is 1. The Hall–Kier alpha value is -2.88. The van der Waals surface area contributed by atoms with Crippen LogP contribution >= 0.6 is 0 Å². The van der Waals surface area contributed by atoms with Gasteiger partial charge in [-0.15, -0.1) is 0 Å². The first kappa shape index (κ1) is 16.0. The summed E-state index contributed by atoms with van der Waals surface area (Å²) in [6.45, 7) is 3.45. The monoisotopic (exact) mass is 322 g/mol. The predicted octanol–water partition coefficient (Wildman–Crippen LogP) is 4.73. The zero-order chi connectivity index (χ0) is 17.1. The molecule has 3 rings (SSSR count). The zero-order valence-electron chi connectivity index (χ0n) is 13.6. The van der Waals surface area contributed by atoms with Crippen LogP contribution in [0.2, 0.25) is 0 Å². The van der Waals surface area contributed by atoms with Gasteiger partial charge in [-0.25, -0.2) is 4.39 Å². The standard InChI is InChI=1S/C20H19FN2O/c1-13-7-9-18(12-19(13)21)22-14(2)20(24)23-17-10-8-15-5-3-4-6-16(15)11-17/h3-12,14,22H,1-2H3,(H,23,24)/t14-/m0/s1. The number of carbonyl (C=O) groups is 1. The molecule has 1 amide bonds. The maximum atomic E-state index is 13.6. The third-order valence-electron chi connectivity index (χ3n) is 3.97. The van der Waals surface area contributed by atoms with Gasteiger partial charge in [0.05, 0.1) is 0 Å². The van der Waals surface area contributed by atoms with Crippen molar-refractivity contribution in [2.45, 2.75) is 19.9 Å². The molecule has 122 valence electrons. The fraction of sp³-hybridized carbons (Fsp3) is 0.150. The highest BCUT2D eigenvalue weighted by Crippen LogP contribution is 2.19. The summed E-state index contributed by atoms with van der Waals surface area (Å²) in [6, 6.07) is 18.1. The van der Waals surface area contributed by atoms with Crippen molar-refractivity contribution >= 4 is 28.1 Å². The molecule has 0 spiro atoms. The van der Waals surface area contributed by atoms with E-state index < -0.39 is 6.04 Å². The molecule has 0 aliphatic rings. The molecule has 2 N–H and O–H groups in total. The molecule has 0 heterocycles. The van der Waals surface area contributed by atoms with Crippen LogP contribution in [0.4, 0.5) is 15.8 Å². The van der Waals surface area contributed by atoms with Crippen molar-refractivity contribution in [2.24, 2.45) is 0 Å². The number of hydrogen-bond donors (Lipinski definition) is 2. The van der Waals surface area contributed by atoms with E-state index in [-0.39, 0.29) is 11.7 Å². The Kier molecular flexibility index (Phi) is 4.47. The number of nitrogens with one attached hydrogen (secondary N) is 2. The number of aryl methyl sites for hydroxylation is 1. The molecule has 3 aromatic rings. The molecule has 0 radical (unpaired) electrons. The second-order valence-corrected chi connectivity index (χ2v) is 5.88. The lowest BCUT2D eigenvalue weighted by molar-refractivity contribution is -0.116. The molecule has 0 unspecified atom stereocenters. The topological polar surface area (TPSA) is 41.1 Å². The number of anilines is 2. The fourth-order valence-electron chi connectivity index (χ4n) is 2.52. The molecule has 0 bridgehead atoms. The van der Waals surface area contributed by atoms with E-state index >= 15 is 0 Å². The van der Waals surface area contributed by atoms with Gasteiger partial charge in [-0.05, 0) is 54.4 Å². The first-order valence-electron chi connectivity index (χ1n) is 7.85. The summed E-state index contributed by atoms with van der Waals surface area (Å²) in [5.74, 6) is -0.464. The van der Waals surface area contributed by atoms with E-state index in [2.05, 4.69) is 10.6 Å². The highest BCUT2D eigenvalue weighted by atomic mass is 19.1. The third-order valence-corrected chi connectivity index (χ3v) is 3.97. The minimum absolute atomic E-state index is 0.175. The van der Waals surface area contributed by atoms with Crippen LogP contribution in [0.3, 0.4) is 0 Å².